The molecule has 2 aliphatic rings. The average molecular weight is 422 g/mol. The Balaban J connectivity index is 1.81. The molecule has 2 heterocycles. The Labute approximate surface area is 172 Å². The largest absolute Gasteiger partial charge is 0.505 e. The Bertz CT molecular complexity index is 925. The number of sulfone groups is 1. The number of allylic oxidation sites excluding steroid dienone is 1. The predicted octanol–water partition coefficient (Wildman–Crippen LogP) is 3.88. The van der Waals surface area contributed by atoms with Crippen LogP contribution in [-0.2, 0) is 14.5 Å². The van der Waals surface area contributed by atoms with E-state index < -0.39 is 34.1 Å². The second-order valence-corrected chi connectivity index (χ2v) is 10.0. The lowest BCUT2D eigenvalue weighted by molar-refractivity contribution is 0.169. The van der Waals surface area contributed by atoms with Crippen molar-refractivity contribution in [3.05, 3.63) is 46.3 Å². The van der Waals surface area contributed by atoms with Crippen LogP contribution in [0.3, 0.4) is 0 Å². The van der Waals surface area contributed by atoms with Gasteiger partial charge in [0.2, 0.25) is 0 Å². The highest BCUT2D eigenvalue weighted by atomic mass is 32.2. The number of benzene rings is 1. The minimum atomic E-state index is -3.27. The summed E-state index contributed by atoms with van der Waals surface area (Å²) in [4.78, 5) is 0. The van der Waals surface area contributed by atoms with Gasteiger partial charge in [0.25, 0.3) is 0 Å². The minimum absolute atomic E-state index is 0.0561. The Morgan fingerprint density at radius 2 is 2.10 bits per heavy atom. The number of rotatable bonds is 7. The lowest BCUT2D eigenvalue weighted by atomic mass is 9.74. The molecule has 29 heavy (non-hydrogen) atoms. The molecule has 0 unspecified atom stereocenters. The van der Waals surface area contributed by atoms with E-state index >= 15 is 0 Å². The first kappa shape index (κ1) is 22.1. The number of halogens is 1. The van der Waals surface area contributed by atoms with Crippen molar-refractivity contribution in [2.75, 3.05) is 5.75 Å². The van der Waals surface area contributed by atoms with Gasteiger partial charge in [-0.15, -0.1) is 0 Å². The second-order valence-electron chi connectivity index (χ2n) is 7.83. The number of hydrogen-bond donors (Lipinski definition) is 2. The summed E-state index contributed by atoms with van der Waals surface area (Å²) in [5.74, 6) is -0.984. The molecule has 2 N–H and O–H groups in total. The molecule has 158 valence electrons. The van der Waals surface area contributed by atoms with E-state index in [1.165, 1.54) is 12.1 Å². The number of phenolic OH excluding ortho intramolecular Hbond substituents is 1. The van der Waals surface area contributed by atoms with Crippen molar-refractivity contribution >= 4 is 23.0 Å². The maximum absolute atomic E-state index is 13.6. The van der Waals surface area contributed by atoms with E-state index in [-0.39, 0.29) is 17.8 Å². The summed E-state index contributed by atoms with van der Waals surface area (Å²) in [5, 5.41) is 18.8. The second kappa shape index (κ2) is 9.02. The van der Waals surface area contributed by atoms with E-state index in [0.29, 0.717) is 24.8 Å². The molecule has 1 fully saturated rings. The SMILES string of the molecule is CCC/C(=C\c1ccc(O)c(F)c1)CC[C@H]1OB(O)C[C@H]2C1=C(CC)CS2(=O)=O. The van der Waals surface area contributed by atoms with Crippen molar-refractivity contribution in [3.8, 4) is 5.75 Å². The number of aromatic hydroxyl groups is 1. The molecule has 0 saturated carbocycles. The summed E-state index contributed by atoms with van der Waals surface area (Å²) in [6, 6.07) is 4.28. The summed E-state index contributed by atoms with van der Waals surface area (Å²) in [5.41, 5.74) is 3.51. The zero-order chi connectivity index (χ0) is 21.2. The monoisotopic (exact) mass is 422 g/mol. The first-order chi connectivity index (χ1) is 13.7. The van der Waals surface area contributed by atoms with Crippen LogP contribution in [0.25, 0.3) is 6.08 Å². The summed E-state index contributed by atoms with van der Waals surface area (Å²) < 4.78 is 44.4. The Hall–Kier alpha value is -1.64. The molecular weight excluding hydrogens is 394 g/mol. The first-order valence-electron chi connectivity index (χ1n) is 10.2. The van der Waals surface area contributed by atoms with Crippen molar-refractivity contribution in [1.29, 1.82) is 0 Å². The third-order valence-corrected chi connectivity index (χ3v) is 7.78. The Morgan fingerprint density at radius 1 is 1.34 bits per heavy atom. The van der Waals surface area contributed by atoms with E-state index in [1.807, 2.05) is 13.0 Å². The summed E-state index contributed by atoms with van der Waals surface area (Å²) in [7, 11) is -4.35. The van der Waals surface area contributed by atoms with Crippen molar-refractivity contribution in [2.24, 2.45) is 0 Å². The lowest BCUT2D eigenvalue weighted by Gasteiger charge is -2.32. The van der Waals surface area contributed by atoms with Gasteiger partial charge in [0.1, 0.15) is 0 Å². The van der Waals surface area contributed by atoms with Gasteiger partial charge in [-0.25, -0.2) is 12.8 Å². The summed E-state index contributed by atoms with van der Waals surface area (Å²) >= 11 is 0. The fraction of sp³-hybridized carbons (Fsp3) is 0.524. The van der Waals surface area contributed by atoms with Crippen LogP contribution in [0.2, 0.25) is 6.32 Å². The van der Waals surface area contributed by atoms with Crippen LogP contribution in [0.4, 0.5) is 4.39 Å². The van der Waals surface area contributed by atoms with E-state index in [0.717, 1.165) is 29.6 Å². The molecule has 1 aromatic rings. The highest BCUT2D eigenvalue weighted by molar-refractivity contribution is 7.92. The maximum atomic E-state index is 13.6. The molecular formula is C21H28BFO5S. The molecule has 1 saturated heterocycles. The van der Waals surface area contributed by atoms with Crippen LogP contribution in [0, 0.1) is 5.82 Å². The molecule has 0 amide bonds. The molecule has 5 nitrogen and oxygen atoms in total. The topological polar surface area (TPSA) is 83.8 Å². The lowest BCUT2D eigenvalue weighted by Crippen LogP contribution is -2.41. The Kier molecular flexibility index (Phi) is 6.86. The molecule has 0 radical (unpaired) electrons. The molecule has 3 rings (SSSR count). The van der Waals surface area contributed by atoms with Crippen LogP contribution in [0.15, 0.2) is 34.9 Å². The van der Waals surface area contributed by atoms with Crippen LogP contribution < -0.4 is 0 Å². The van der Waals surface area contributed by atoms with E-state index in [9.17, 15) is 22.9 Å². The highest BCUT2D eigenvalue weighted by Crippen LogP contribution is 2.40. The van der Waals surface area contributed by atoms with Crippen LogP contribution >= 0.6 is 0 Å². The molecule has 0 aliphatic carbocycles. The molecule has 2 aliphatic heterocycles. The van der Waals surface area contributed by atoms with Crippen LogP contribution in [0.5, 0.6) is 5.75 Å². The normalized spacial score (nSPS) is 24.1. The van der Waals surface area contributed by atoms with Crippen LogP contribution in [-0.4, -0.2) is 42.8 Å². The van der Waals surface area contributed by atoms with Gasteiger partial charge in [0.05, 0.1) is 17.1 Å². The fourth-order valence-electron chi connectivity index (χ4n) is 4.34. The quantitative estimate of drug-likeness (QED) is 0.515. The predicted molar refractivity (Wildman–Crippen MR) is 113 cm³/mol. The number of hydrogen-bond acceptors (Lipinski definition) is 5. The zero-order valence-electron chi connectivity index (χ0n) is 16.9. The number of phenols is 1. The fourth-order valence-corrected chi connectivity index (χ4v) is 6.56. The highest BCUT2D eigenvalue weighted by Gasteiger charge is 2.47. The van der Waals surface area contributed by atoms with E-state index in [2.05, 4.69) is 6.92 Å². The standard InChI is InChI=1S/C21H28BFO5S/c1-3-5-14(10-15-6-8-18(24)17(23)11-15)7-9-19-21-16(4-2)13-29(26,27)20(21)12-22(25)28-19/h6,8,10-11,19-20,24-25H,3-5,7,9,12-13H2,1-2H3/b14-10+/t19-,20+/m1/s1. The smallest absolute Gasteiger partial charge is 0.456 e. The van der Waals surface area contributed by atoms with Gasteiger partial charge in [-0.2, -0.15) is 0 Å². The van der Waals surface area contributed by atoms with Crippen molar-refractivity contribution < 1.29 is 27.6 Å². The molecule has 1 aromatic carbocycles. The van der Waals surface area contributed by atoms with Gasteiger partial charge < -0.3 is 14.8 Å². The maximum Gasteiger partial charge on any atom is 0.456 e. The van der Waals surface area contributed by atoms with Crippen molar-refractivity contribution in [2.45, 2.75) is 63.6 Å². The summed E-state index contributed by atoms with van der Waals surface area (Å²) in [6.45, 7) is 4.01. The molecule has 0 bridgehead atoms. The van der Waals surface area contributed by atoms with Gasteiger partial charge in [0, 0.05) is 6.32 Å². The van der Waals surface area contributed by atoms with E-state index in [4.69, 9.17) is 4.65 Å². The third kappa shape index (κ3) is 4.93. The van der Waals surface area contributed by atoms with Crippen molar-refractivity contribution in [1.82, 2.24) is 0 Å². The van der Waals surface area contributed by atoms with Crippen LogP contribution in [0.1, 0.15) is 51.5 Å². The van der Waals surface area contributed by atoms with Gasteiger partial charge in [0.15, 0.2) is 21.4 Å². The molecule has 0 aromatic heterocycles. The minimum Gasteiger partial charge on any atom is -0.505 e. The first-order valence-corrected chi connectivity index (χ1v) is 11.9. The molecule has 8 heteroatoms. The summed E-state index contributed by atoms with van der Waals surface area (Å²) in [6.07, 6.45) is 5.19. The van der Waals surface area contributed by atoms with E-state index in [1.54, 1.807) is 6.07 Å². The molecule has 2 atom stereocenters. The van der Waals surface area contributed by atoms with Gasteiger partial charge >= 0.3 is 7.12 Å². The van der Waals surface area contributed by atoms with Gasteiger partial charge in [-0.05, 0) is 49.0 Å². The third-order valence-electron chi connectivity index (χ3n) is 5.72. The van der Waals surface area contributed by atoms with Gasteiger partial charge in [-0.1, -0.05) is 43.6 Å². The average Bonchev–Trinajstić information content (AvgIpc) is 2.93. The molecule has 0 spiro atoms. The number of fused-ring (bicyclic) bond motifs is 1. The van der Waals surface area contributed by atoms with Gasteiger partial charge in [-0.3, -0.25) is 0 Å². The Morgan fingerprint density at radius 3 is 2.76 bits per heavy atom. The zero-order valence-corrected chi connectivity index (χ0v) is 17.7. The van der Waals surface area contributed by atoms with Crippen molar-refractivity contribution in [3.63, 3.8) is 0 Å².